The Labute approximate surface area is 200 Å². The molecule has 5 rings (SSSR count). The smallest absolute Gasteiger partial charge is 0.266 e. The number of nitrogens with zero attached hydrogens (tertiary/aromatic N) is 3. The second kappa shape index (κ2) is 8.64. The SMILES string of the molecule is Cc1ccc(N2C(=O)c3ccc(C(=O)NCc4csc(-c5ccncc5)n4)cc3C2=O)c(C)c1. The van der Waals surface area contributed by atoms with Gasteiger partial charge in [0.1, 0.15) is 5.01 Å². The molecule has 34 heavy (non-hydrogen) atoms. The molecule has 0 aliphatic carbocycles. The van der Waals surface area contributed by atoms with Gasteiger partial charge >= 0.3 is 0 Å². The van der Waals surface area contributed by atoms with Gasteiger partial charge in [-0.1, -0.05) is 17.7 Å². The number of imide groups is 1. The van der Waals surface area contributed by atoms with E-state index in [0.717, 1.165) is 27.4 Å². The van der Waals surface area contributed by atoms with E-state index < -0.39 is 5.91 Å². The molecule has 4 aromatic rings. The number of benzene rings is 2. The van der Waals surface area contributed by atoms with E-state index in [4.69, 9.17) is 0 Å². The normalized spacial score (nSPS) is 12.7. The summed E-state index contributed by atoms with van der Waals surface area (Å²) >= 11 is 1.49. The lowest BCUT2D eigenvalue weighted by atomic mass is 10.1. The highest BCUT2D eigenvalue weighted by Crippen LogP contribution is 2.31. The maximum absolute atomic E-state index is 13.1. The molecule has 0 bridgehead atoms. The summed E-state index contributed by atoms with van der Waals surface area (Å²) < 4.78 is 0. The minimum absolute atomic E-state index is 0.228. The number of hydrogen-bond acceptors (Lipinski definition) is 6. The van der Waals surface area contributed by atoms with Crippen LogP contribution in [0, 0.1) is 13.8 Å². The van der Waals surface area contributed by atoms with Crippen LogP contribution in [0.25, 0.3) is 10.6 Å². The molecule has 0 unspecified atom stereocenters. The number of pyridine rings is 1. The Morgan fingerprint density at radius 3 is 2.50 bits per heavy atom. The van der Waals surface area contributed by atoms with Crippen molar-refractivity contribution < 1.29 is 14.4 Å². The average molecular weight is 469 g/mol. The number of rotatable bonds is 5. The van der Waals surface area contributed by atoms with Crippen LogP contribution in [0.15, 0.2) is 66.3 Å². The molecule has 2 aromatic heterocycles. The number of fused-ring (bicyclic) bond motifs is 1. The Morgan fingerprint density at radius 1 is 0.971 bits per heavy atom. The number of carbonyl (C=O) groups is 3. The molecule has 1 aliphatic heterocycles. The van der Waals surface area contributed by atoms with Crippen LogP contribution in [0.3, 0.4) is 0 Å². The van der Waals surface area contributed by atoms with Crippen molar-refractivity contribution in [1.29, 1.82) is 0 Å². The van der Waals surface area contributed by atoms with Crippen molar-refractivity contribution in [2.75, 3.05) is 4.90 Å². The Kier molecular flexibility index (Phi) is 5.51. The quantitative estimate of drug-likeness (QED) is 0.434. The van der Waals surface area contributed by atoms with Crippen LogP contribution in [0.1, 0.15) is 47.9 Å². The molecule has 1 N–H and O–H groups in total. The topological polar surface area (TPSA) is 92.3 Å². The molecular weight excluding hydrogens is 448 g/mol. The third-order valence-corrected chi connectivity index (χ3v) is 6.59. The summed E-state index contributed by atoms with van der Waals surface area (Å²) in [6.45, 7) is 4.07. The van der Waals surface area contributed by atoms with Crippen LogP contribution in [0.5, 0.6) is 0 Å². The minimum atomic E-state index is -0.428. The molecule has 0 spiro atoms. The summed E-state index contributed by atoms with van der Waals surface area (Å²) in [6.07, 6.45) is 3.42. The van der Waals surface area contributed by atoms with Gasteiger partial charge in [-0.3, -0.25) is 19.4 Å². The van der Waals surface area contributed by atoms with Crippen molar-refractivity contribution in [1.82, 2.24) is 15.3 Å². The van der Waals surface area contributed by atoms with Crippen molar-refractivity contribution in [2.45, 2.75) is 20.4 Å². The maximum Gasteiger partial charge on any atom is 0.266 e. The van der Waals surface area contributed by atoms with Crippen molar-refractivity contribution in [3.63, 3.8) is 0 Å². The fraction of sp³-hybridized carbons (Fsp3) is 0.115. The van der Waals surface area contributed by atoms with Crippen LogP contribution in [0.4, 0.5) is 5.69 Å². The molecular formula is C26H20N4O3S. The van der Waals surface area contributed by atoms with E-state index in [0.29, 0.717) is 16.8 Å². The van der Waals surface area contributed by atoms with Crippen molar-refractivity contribution in [3.8, 4) is 10.6 Å². The molecule has 0 saturated carbocycles. The van der Waals surface area contributed by atoms with Gasteiger partial charge in [0.15, 0.2) is 0 Å². The van der Waals surface area contributed by atoms with Gasteiger partial charge in [-0.25, -0.2) is 9.88 Å². The first-order chi connectivity index (χ1) is 16.4. The first kappa shape index (κ1) is 21.7. The Bertz CT molecular complexity index is 1450. The zero-order valence-corrected chi connectivity index (χ0v) is 19.3. The van der Waals surface area contributed by atoms with Crippen LogP contribution in [-0.2, 0) is 6.54 Å². The van der Waals surface area contributed by atoms with E-state index in [2.05, 4.69) is 15.3 Å². The minimum Gasteiger partial charge on any atom is -0.346 e. The van der Waals surface area contributed by atoms with E-state index >= 15 is 0 Å². The summed E-state index contributed by atoms with van der Waals surface area (Å²) in [5.74, 6) is -1.15. The number of carbonyl (C=O) groups excluding carboxylic acids is 3. The highest BCUT2D eigenvalue weighted by molar-refractivity contribution is 7.13. The maximum atomic E-state index is 13.1. The number of hydrogen-bond donors (Lipinski definition) is 1. The molecule has 0 fully saturated rings. The summed E-state index contributed by atoms with van der Waals surface area (Å²) in [4.78, 5) is 48.6. The first-order valence-electron chi connectivity index (χ1n) is 10.7. The number of aryl methyl sites for hydroxylation is 2. The first-order valence-corrected chi connectivity index (χ1v) is 11.5. The van der Waals surface area contributed by atoms with Gasteiger partial charge in [0.2, 0.25) is 0 Å². The Hall–Kier alpha value is -4.17. The van der Waals surface area contributed by atoms with E-state index in [1.165, 1.54) is 22.3 Å². The van der Waals surface area contributed by atoms with Gasteiger partial charge in [-0.2, -0.15) is 0 Å². The monoisotopic (exact) mass is 468 g/mol. The molecule has 0 saturated heterocycles. The van der Waals surface area contributed by atoms with Gasteiger partial charge in [0, 0.05) is 28.9 Å². The summed E-state index contributed by atoms with van der Waals surface area (Å²) in [7, 11) is 0. The Morgan fingerprint density at radius 2 is 1.74 bits per heavy atom. The van der Waals surface area contributed by atoms with E-state index in [-0.39, 0.29) is 23.9 Å². The molecule has 0 atom stereocenters. The number of amides is 3. The van der Waals surface area contributed by atoms with Gasteiger partial charge in [0.05, 0.1) is 29.1 Å². The highest BCUT2D eigenvalue weighted by atomic mass is 32.1. The van der Waals surface area contributed by atoms with Crippen LogP contribution >= 0.6 is 11.3 Å². The highest BCUT2D eigenvalue weighted by Gasteiger charge is 2.37. The fourth-order valence-corrected chi connectivity index (χ4v) is 4.77. The van der Waals surface area contributed by atoms with Gasteiger partial charge in [0.25, 0.3) is 17.7 Å². The zero-order chi connectivity index (χ0) is 23.8. The van der Waals surface area contributed by atoms with Crippen LogP contribution in [0.2, 0.25) is 0 Å². The number of nitrogens with one attached hydrogen (secondary N) is 1. The average Bonchev–Trinajstić information content (AvgIpc) is 3.41. The van der Waals surface area contributed by atoms with Crippen LogP contribution < -0.4 is 10.2 Å². The van der Waals surface area contributed by atoms with E-state index in [9.17, 15) is 14.4 Å². The molecule has 168 valence electrons. The summed E-state index contributed by atoms with van der Waals surface area (Å²) in [6, 6.07) is 13.9. The summed E-state index contributed by atoms with van der Waals surface area (Å²) in [5, 5.41) is 5.58. The lowest BCUT2D eigenvalue weighted by Gasteiger charge is -2.16. The van der Waals surface area contributed by atoms with Crippen molar-refractivity contribution in [2.24, 2.45) is 0 Å². The zero-order valence-electron chi connectivity index (χ0n) is 18.5. The molecule has 8 heteroatoms. The third kappa shape index (κ3) is 3.88. The third-order valence-electron chi connectivity index (χ3n) is 5.65. The second-order valence-electron chi connectivity index (χ2n) is 8.06. The van der Waals surface area contributed by atoms with Gasteiger partial charge in [-0.05, 0) is 55.8 Å². The lowest BCUT2D eigenvalue weighted by molar-refractivity contribution is 0.0923. The number of thiazole rings is 1. The molecule has 3 heterocycles. The number of aromatic nitrogens is 2. The van der Waals surface area contributed by atoms with Crippen molar-refractivity contribution in [3.05, 3.63) is 99.8 Å². The Balaban J connectivity index is 1.32. The largest absolute Gasteiger partial charge is 0.346 e. The van der Waals surface area contributed by atoms with Crippen molar-refractivity contribution >= 4 is 34.7 Å². The molecule has 2 aromatic carbocycles. The number of anilines is 1. The molecule has 3 amide bonds. The van der Waals surface area contributed by atoms with Gasteiger partial charge in [-0.15, -0.1) is 11.3 Å². The van der Waals surface area contributed by atoms with E-state index in [1.807, 2.05) is 43.5 Å². The predicted molar refractivity (Wildman–Crippen MR) is 130 cm³/mol. The standard InChI is InChI=1S/C26H20N4O3S/c1-15-3-6-22(16(2)11-15)30-25(32)20-5-4-18(12-21(20)26(30)33)23(31)28-13-19-14-34-24(29-19)17-7-9-27-10-8-17/h3-12,14H,13H2,1-2H3,(H,28,31). The van der Waals surface area contributed by atoms with Gasteiger partial charge < -0.3 is 5.32 Å². The van der Waals surface area contributed by atoms with Crippen LogP contribution in [-0.4, -0.2) is 27.7 Å². The molecule has 7 nitrogen and oxygen atoms in total. The van der Waals surface area contributed by atoms with E-state index in [1.54, 1.807) is 30.6 Å². The molecule has 1 aliphatic rings. The predicted octanol–water partition coefficient (Wildman–Crippen LogP) is 4.55. The fourth-order valence-electron chi connectivity index (χ4n) is 3.95. The summed E-state index contributed by atoms with van der Waals surface area (Å²) in [5.41, 5.74) is 4.97. The lowest BCUT2D eigenvalue weighted by Crippen LogP contribution is -2.30. The molecule has 0 radical (unpaired) electrons. The second-order valence-corrected chi connectivity index (χ2v) is 8.92.